The first-order chi connectivity index (χ1) is 13.2. The number of hydrogen-bond acceptors (Lipinski definition) is 3. The van der Waals surface area contributed by atoms with Gasteiger partial charge in [0, 0.05) is 24.4 Å². The Hall–Kier alpha value is -2.53. The van der Waals surface area contributed by atoms with Gasteiger partial charge in [-0.05, 0) is 61.4 Å². The van der Waals surface area contributed by atoms with E-state index in [2.05, 4.69) is 17.4 Å². The van der Waals surface area contributed by atoms with Gasteiger partial charge in [-0.3, -0.25) is 0 Å². The Bertz CT molecular complexity index is 815. The summed E-state index contributed by atoms with van der Waals surface area (Å²) in [5.74, 6) is 0.208. The first kappa shape index (κ1) is 17.9. The molecule has 1 heterocycles. The Morgan fingerprint density at radius 3 is 2.81 bits per heavy atom. The molecule has 1 aliphatic heterocycles. The molecular formula is C22H26N2O3. The molecule has 1 saturated heterocycles. The Morgan fingerprint density at radius 2 is 2.00 bits per heavy atom. The summed E-state index contributed by atoms with van der Waals surface area (Å²) in [4.78, 5) is 14.7. The molecule has 5 nitrogen and oxygen atoms in total. The van der Waals surface area contributed by atoms with Crippen LogP contribution >= 0.6 is 0 Å². The minimum Gasteiger partial charge on any atom is -0.508 e. The highest BCUT2D eigenvalue weighted by molar-refractivity contribution is 5.89. The van der Waals surface area contributed by atoms with Crippen molar-refractivity contribution in [3.63, 3.8) is 0 Å². The summed E-state index contributed by atoms with van der Waals surface area (Å²) >= 11 is 0. The molecule has 2 aromatic carbocycles. The molecule has 1 atom stereocenters. The van der Waals surface area contributed by atoms with Crippen LogP contribution in [0.2, 0.25) is 0 Å². The van der Waals surface area contributed by atoms with Crippen molar-refractivity contribution in [3.8, 4) is 5.75 Å². The number of rotatable bonds is 5. The lowest BCUT2D eigenvalue weighted by Crippen LogP contribution is -2.39. The van der Waals surface area contributed by atoms with E-state index in [0.717, 1.165) is 43.5 Å². The maximum Gasteiger partial charge on any atom is 0.322 e. The van der Waals surface area contributed by atoms with Crippen LogP contribution in [0.1, 0.15) is 36.0 Å². The number of anilines is 1. The number of benzene rings is 2. The van der Waals surface area contributed by atoms with Crippen molar-refractivity contribution in [1.29, 1.82) is 0 Å². The topological polar surface area (TPSA) is 61.8 Å². The van der Waals surface area contributed by atoms with Crippen molar-refractivity contribution < 1.29 is 14.6 Å². The number of para-hydroxylation sites is 1. The average Bonchev–Trinajstić information content (AvgIpc) is 3.34. The average molecular weight is 366 g/mol. The molecule has 5 heteroatoms. The molecule has 2 aliphatic rings. The van der Waals surface area contributed by atoms with Gasteiger partial charge in [0.05, 0.1) is 12.6 Å². The summed E-state index contributed by atoms with van der Waals surface area (Å²) in [5.41, 5.74) is 4.28. The van der Waals surface area contributed by atoms with Crippen LogP contribution in [0.5, 0.6) is 5.75 Å². The Morgan fingerprint density at radius 1 is 1.15 bits per heavy atom. The van der Waals surface area contributed by atoms with Crippen LogP contribution < -0.4 is 5.32 Å². The van der Waals surface area contributed by atoms with Crippen molar-refractivity contribution in [2.75, 3.05) is 18.5 Å². The maximum absolute atomic E-state index is 13.0. The number of ether oxygens (including phenoxy) is 1. The first-order valence-corrected chi connectivity index (χ1v) is 9.75. The first-order valence-electron chi connectivity index (χ1n) is 9.75. The van der Waals surface area contributed by atoms with Gasteiger partial charge in [0.15, 0.2) is 0 Å². The third-order valence-electron chi connectivity index (χ3n) is 5.44. The zero-order valence-electron chi connectivity index (χ0n) is 15.5. The van der Waals surface area contributed by atoms with Crippen LogP contribution in [-0.4, -0.2) is 35.3 Å². The zero-order valence-corrected chi connectivity index (χ0v) is 15.5. The van der Waals surface area contributed by atoms with Crippen LogP contribution in [0.15, 0.2) is 42.5 Å². The number of nitrogens with one attached hydrogen (secondary N) is 1. The lowest BCUT2D eigenvalue weighted by molar-refractivity contribution is 0.0817. The fraction of sp³-hybridized carbons (Fsp3) is 0.409. The molecule has 0 radical (unpaired) electrons. The number of phenols is 1. The third-order valence-corrected chi connectivity index (χ3v) is 5.44. The number of urea groups is 1. The summed E-state index contributed by atoms with van der Waals surface area (Å²) in [6, 6.07) is 13.2. The number of carbonyl (C=O) groups is 1. The summed E-state index contributed by atoms with van der Waals surface area (Å²) in [5, 5.41) is 13.1. The number of aryl methyl sites for hydroxylation is 2. The molecule has 0 unspecified atom stereocenters. The Balaban J connectivity index is 1.49. The van der Waals surface area contributed by atoms with Crippen molar-refractivity contribution in [2.24, 2.45) is 0 Å². The van der Waals surface area contributed by atoms with E-state index in [0.29, 0.717) is 13.1 Å². The van der Waals surface area contributed by atoms with E-state index in [9.17, 15) is 9.90 Å². The number of aromatic hydroxyl groups is 1. The highest BCUT2D eigenvalue weighted by atomic mass is 16.5. The van der Waals surface area contributed by atoms with Crippen LogP contribution in [0.4, 0.5) is 10.5 Å². The number of fused-ring (bicyclic) bond motifs is 1. The molecule has 0 aromatic heterocycles. The predicted octanol–water partition coefficient (Wildman–Crippen LogP) is 4.09. The van der Waals surface area contributed by atoms with E-state index < -0.39 is 0 Å². The third kappa shape index (κ3) is 4.25. The fourth-order valence-corrected chi connectivity index (χ4v) is 3.96. The molecule has 0 bridgehead atoms. The van der Waals surface area contributed by atoms with E-state index in [1.165, 1.54) is 17.5 Å². The number of amides is 2. The van der Waals surface area contributed by atoms with Crippen molar-refractivity contribution in [3.05, 3.63) is 59.2 Å². The van der Waals surface area contributed by atoms with Gasteiger partial charge in [0.2, 0.25) is 0 Å². The van der Waals surface area contributed by atoms with Crippen LogP contribution in [0.3, 0.4) is 0 Å². The Kier molecular flexibility index (Phi) is 5.30. The molecule has 2 amide bonds. The van der Waals surface area contributed by atoms with Gasteiger partial charge in [-0.1, -0.05) is 24.3 Å². The van der Waals surface area contributed by atoms with Crippen LogP contribution in [0.25, 0.3) is 0 Å². The van der Waals surface area contributed by atoms with E-state index in [4.69, 9.17) is 4.74 Å². The monoisotopic (exact) mass is 366 g/mol. The number of phenolic OH excluding ortho intramolecular Hbond substituents is 1. The summed E-state index contributed by atoms with van der Waals surface area (Å²) in [6.45, 7) is 1.62. The molecule has 142 valence electrons. The van der Waals surface area contributed by atoms with Gasteiger partial charge >= 0.3 is 6.03 Å². The lowest BCUT2D eigenvalue weighted by Gasteiger charge is -2.26. The van der Waals surface area contributed by atoms with Gasteiger partial charge in [0.25, 0.3) is 0 Å². The second-order valence-electron chi connectivity index (χ2n) is 7.41. The number of nitrogens with zero attached hydrogens (tertiary/aromatic N) is 1. The summed E-state index contributed by atoms with van der Waals surface area (Å²) in [7, 11) is 0. The van der Waals surface area contributed by atoms with Gasteiger partial charge in [-0.2, -0.15) is 0 Å². The Labute approximate surface area is 160 Å². The van der Waals surface area contributed by atoms with Crippen molar-refractivity contribution >= 4 is 11.7 Å². The molecule has 2 aromatic rings. The zero-order chi connectivity index (χ0) is 18.6. The number of carbonyl (C=O) groups excluding carboxylic acids is 1. The van der Waals surface area contributed by atoms with E-state index in [-0.39, 0.29) is 17.9 Å². The second kappa shape index (κ2) is 8.01. The molecule has 1 fully saturated rings. The molecule has 1 aliphatic carbocycles. The SMILES string of the molecule is O=C(Nc1ccc2c(c1)CCC2)N(Cc1ccccc1O)C[C@@H]1CCCO1. The van der Waals surface area contributed by atoms with E-state index in [1.54, 1.807) is 17.0 Å². The molecule has 0 spiro atoms. The maximum atomic E-state index is 13.0. The molecule has 0 saturated carbocycles. The quantitative estimate of drug-likeness (QED) is 0.838. The minimum absolute atomic E-state index is 0.0571. The van der Waals surface area contributed by atoms with Crippen molar-refractivity contribution in [2.45, 2.75) is 44.8 Å². The predicted molar refractivity (Wildman–Crippen MR) is 105 cm³/mol. The van der Waals surface area contributed by atoms with Crippen LogP contribution in [-0.2, 0) is 24.1 Å². The summed E-state index contributed by atoms with van der Waals surface area (Å²) in [6.07, 6.45) is 5.44. The van der Waals surface area contributed by atoms with Gasteiger partial charge < -0.3 is 20.1 Å². The lowest BCUT2D eigenvalue weighted by atomic mass is 10.1. The molecule has 2 N–H and O–H groups in total. The van der Waals surface area contributed by atoms with E-state index >= 15 is 0 Å². The smallest absolute Gasteiger partial charge is 0.322 e. The second-order valence-corrected chi connectivity index (χ2v) is 7.41. The van der Waals surface area contributed by atoms with Crippen LogP contribution in [0, 0.1) is 0 Å². The minimum atomic E-state index is -0.160. The normalized spacial score (nSPS) is 18.3. The fourth-order valence-electron chi connectivity index (χ4n) is 3.96. The summed E-state index contributed by atoms with van der Waals surface area (Å²) < 4.78 is 5.73. The van der Waals surface area contributed by atoms with Crippen molar-refractivity contribution in [1.82, 2.24) is 4.90 Å². The standard InChI is InChI=1S/C22H26N2O3/c25-21-9-2-1-5-18(21)14-24(15-20-8-4-12-27-20)22(26)23-19-11-10-16-6-3-7-17(16)13-19/h1-2,5,9-11,13,20,25H,3-4,6-8,12,14-15H2,(H,23,26)/t20-/m0/s1. The molecular weight excluding hydrogens is 340 g/mol. The molecule has 4 rings (SSSR count). The number of hydrogen-bond donors (Lipinski definition) is 2. The van der Waals surface area contributed by atoms with Gasteiger partial charge in [-0.15, -0.1) is 0 Å². The van der Waals surface area contributed by atoms with Gasteiger partial charge in [-0.25, -0.2) is 4.79 Å². The van der Waals surface area contributed by atoms with Gasteiger partial charge in [0.1, 0.15) is 5.75 Å². The van der Waals surface area contributed by atoms with E-state index in [1.807, 2.05) is 18.2 Å². The highest BCUT2D eigenvalue weighted by Gasteiger charge is 2.24. The molecule has 27 heavy (non-hydrogen) atoms. The largest absolute Gasteiger partial charge is 0.508 e. The highest BCUT2D eigenvalue weighted by Crippen LogP contribution is 2.26.